The van der Waals surface area contributed by atoms with Crippen LogP contribution >= 0.6 is 0 Å². The summed E-state index contributed by atoms with van der Waals surface area (Å²) in [4.78, 5) is 13.5. The Kier molecular flexibility index (Phi) is 10.0. The number of carbonyl (C=O) groups is 1. The highest BCUT2D eigenvalue weighted by Crippen LogP contribution is 2.31. The molecule has 0 aromatic heterocycles. The SMILES string of the molecule is CC[C@H]1CNC[C@H](CCc2c(F)cccc2NC(=O)[C@@H](N)[C@@H](c2ccc(F)cc2)c2cc(F)cc(F)c2)N1S(C)(=O)=O. The molecule has 7 nitrogen and oxygen atoms in total. The lowest BCUT2D eigenvalue weighted by Crippen LogP contribution is -2.58. The van der Waals surface area contributed by atoms with E-state index in [-0.39, 0.29) is 35.7 Å². The molecule has 0 saturated carbocycles. The van der Waals surface area contributed by atoms with Crippen molar-refractivity contribution in [2.24, 2.45) is 5.73 Å². The van der Waals surface area contributed by atoms with Crippen molar-refractivity contribution in [1.82, 2.24) is 9.62 Å². The molecular weight excluding hydrogens is 572 g/mol. The second-order valence-corrected chi connectivity index (χ2v) is 12.4. The van der Waals surface area contributed by atoms with Crippen LogP contribution in [-0.4, -0.2) is 56.1 Å². The second-order valence-electron chi connectivity index (χ2n) is 10.5. The first-order valence-corrected chi connectivity index (χ1v) is 15.5. The number of piperazine rings is 1. The van der Waals surface area contributed by atoms with Crippen LogP contribution in [0.4, 0.5) is 23.2 Å². The number of amides is 1. The smallest absolute Gasteiger partial charge is 0.242 e. The number of nitrogens with zero attached hydrogens (tertiary/aromatic N) is 1. The van der Waals surface area contributed by atoms with E-state index in [4.69, 9.17) is 5.73 Å². The van der Waals surface area contributed by atoms with Gasteiger partial charge < -0.3 is 16.4 Å². The highest BCUT2D eigenvalue weighted by molar-refractivity contribution is 7.88. The number of anilines is 1. The maximum atomic E-state index is 15.1. The maximum Gasteiger partial charge on any atom is 0.242 e. The van der Waals surface area contributed by atoms with Crippen molar-refractivity contribution >= 4 is 21.6 Å². The molecule has 0 spiro atoms. The van der Waals surface area contributed by atoms with Crippen molar-refractivity contribution in [2.45, 2.75) is 50.2 Å². The first-order chi connectivity index (χ1) is 19.9. The molecule has 1 aliphatic heterocycles. The van der Waals surface area contributed by atoms with Crippen LogP contribution in [0.1, 0.15) is 42.4 Å². The molecule has 0 unspecified atom stereocenters. The molecule has 1 amide bonds. The Labute approximate surface area is 243 Å². The van der Waals surface area contributed by atoms with E-state index < -0.39 is 57.2 Å². The van der Waals surface area contributed by atoms with E-state index in [1.807, 2.05) is 6.92 Å². The summed E-state index contributed by atoms with van der Waals surface area (Å²) in [7, 11) is -3.53. The largest absolute Gasteiger partial charge is 0.324 e. The van der Waals surface area contributed by atoms with Gasteiger partial charge in [-0.1, -0.05) is 25.1 Å². The molecule has 3 aromatic carbocycles. The lowest BCUT2D eigenvalue weighted by Gasteiger charge is -2.40. The lowest BCUT2D eigenvalue weighted by molar-refractivity contribution is -0.117. The van der Waals surface area contributed by atoms with Crippen molar-refractivity contribution in [3.8, 4) is 0 Å². The van der Waals surface area contributed by atoms with Gasteiger partial charge in [0, 0.05) is 48.4 Å². The molecule has 1 fully saturated rings. The van der Waals surface area contributed by atoms with Gasteiger partial charge in [0.25, 0.3) is 0 Å². The molecule has 0 radical (unpaired) electrons. The first kappa shape index (κ1) is 31.6. The number of sulfonamides is 1. The molecule has 4 rings (SSSR count). The molecule has 42 heavy (non-hydrogen) atoms. The first-order valence-electron chi connectivity index (χ1n) is 13.6. The number of nitrogens with two attached hydrogens (primary N) is 1. The van der Waals surface area contributed by atoms with Gasteiger partial charge in [0.15, 0.2) is 0 Å². The highest BCUT2D eigenvalue weighted by Gasteiger charge is 2.36. The quantitative estimate of drug-likeness (QED) is 0.299. The van der Waals surface area contributed by atoms with Crippen LogP contribution in [0.3, 0.4) is 0 Å². The van der Waals surface area contributed by atoms with E-state index in [1.54, 1.807) is 0 Å². The molecule has 12 heteroatoms. The Hall–Kier alpha value is -3.32. The zero-order valence-electron chi connectivity index (χ0n) is 23.3. The molecular formula is C30H34F4N4O3S. The van der Waals surface area contributed by atoms with Crippen LogP contribution < -0.4 is 16.4 Å². The number of hydrogen-bond acceptors (Lipinski definition) is 5. The molecule has 1 aliphatic rings. The number of hydrogen-bond donors (Lipinski definition) is 3. The summed E-state index contributed by atoms with van der Waals surface area (Å²) in [6.07, 6.45) is 2.17. The fraction of sp³-hybridized carbons (Fsp3) is 0.367. The Morgan fingerprint density at radius 1 is 0.976 bits per heavy atom. The van der Waals surface area contributed by atoms with Crippen LogP contribution in [0.25, 0.3) is 0 Å². The van der Waals surface area contributed by atoms with E-state index in [1.165, 1.54) is 34.6 Å². The van der Waals surface area contributed by atoms with Gasteiger partial charge in [0.1, 0.15) is 23.3 Å². The van der Waals surface area contributed by atoms with Gasteiger partial charge in [-0.2, -0.15) is 4.31 Å². The van der Waals surface area contributed by atoms with Crippen molar-refractivity contribution in [3.63, 3.8) is 0 Å². The molecule has 1 heterocycles. The van der Waals surface area contributed by atoms with Crippen molar-refractivity contribution in [2.75, 3.05) is 24.7 Å². The van der Waals surface area contributed by atoms with Gasteiger partial charge in [0.2, 0.25) is 15.9 Å². The molecule has 1 saturated heterocycles. The molecule has 0 bridgehead atoms. The van der Waals surface area contributed by atoms with Gasteiger partial charge in [-0.25, -0.2) is 26.0 Å². The average molecular weight is 607 g/mol. The molecule has 0 aliphatic carbocycles. The van der Waals surface area contributed by atoms with Crippen LogP contribution in [0.5, 0.6) is 0 Å². The van der Waals surface area contributed by atoms with Crippen molar-refractivity contribution in [3.05, 3.63) is 101 Å². The monoisotopic (exact) mass is 606 g/mol. The number of halogens is 4. The Morgan fingerprint density at radius 3 is 2.24 bits per heavy atom. The zero-order chi connectivity index (χ0) is 30.6. The number of carbonyl (C=O) groups excluding carboxylic acids is 1. The number of nitrogens with one attached hydrogen (secondary N) is 2. The van der Waals surface area contributed by atoms with E-state index in [9.17, 15) is 26.4 Å². The fourth-order valence-corrected chi connectivity index (χ4v) is 7.12. The lowest BCUT2D eigenvalue weighted by atomic mass is 9.84. The summed E-state index contributed by atoms with van der Waals surface area (Å²) in [5, 5.41) is 5.89. The van der Waals surface area contributed by atoms with E-state index >= 15 is 4.39 Å². The van der Waals surface area contributed by atoms with Crippen LogP contribution in [0, 0.1) is 23.3 Å². The van der Waals surface area contributed by atoms with E-state index in [2.05, 4.69) is 10.6 Å². The van der Waals surface area contributed by atoms with Crippen LogP contribution in [0.2, 0.25) is 0 Å². The highest BCUT2D eigenvalue weighted by atomic mass is 32.2. The number of benzene rings is 3. The van der Waals surface area contributed by atoms with Gasteiger partial charge in [-0.05, 0) is 66.8 Å². The van der Waals surface area contributed by atoms with Gasteiger partial charge >= 0.3 is 0 Å². The Balaban J connectivity index is 1.60. The minimum atomic E-state index is -3.53. The minimum Gasteiger partial charge on any atom is -0.324 e. The molecule has 3 aromatic rings. The van der Waals surface area contributed by atoms with Gasteiger partial charge in [0.05, 0.1) is 12.3 Å². The Bertz CT molecular complexity index is 1500. The van der Waals surface area contributed by atoms with Crippen LogP contribution in [0.15, 0.2) is 60.7 Å². The third-order valence-electron chi connectivity index (χ3n) is 7.57. The maximum absolute atomic E-state index is 15.1. The fourth-order valence-electron chi connectivity index (χ4n) is 5.63. The number of rotatable bonds is 10. The average Bonchev–Trinajstić information content (AvgIpc) is 2.92. The summed E-state index contributed by atoms with van der Waals surface area (Å²) < 4.78 is 83.6. The summed E-state index contributed by atoms with van der Waals surface area (Å²) in [6, 6.07) is 9.93. The molecule has 4 N–H and O–H groups in total. The summed E-state index contributed by atoms with van der Waals surface area (Å²) >= 11 is 0. The predicted octanol–water partition coefficient (Wildman–Crippen LogP) is 4.29. The topological polar surface area (TPSA) is 105 Å². The van der Waals surface area contributed by atoms with E-state index in [0.29, 0.717) is 31.1 Å². The second kappa shape index (κ2) is 13.3. The minimum absolute atomic E-state index is 0.0670. The van der Waals surface area contributed by atoms with Crippen LogP contribution in [-0.2, 0) is 21.2 Å². The summed E-state index contributed by atoms with van der Waals surface area (Å²) in [5.41, 5.74) is 7.08. The van der Waals surface area contributed by atoms with E-state index in [0.717, 1.165) is 30.5 Å². The standard InChI is InChI=1S/C30H34F4N4O3S/c1-3-23-16-36-17-24(38(23)42(2,40)41)11-12-25-26(34)5-4-6-27(25)37-30(39)29(35)28(18-7-9-20(31)10-8-18)19-13-21(32)15-22(33)14-19/h4-10,13-15,23-24,28-29,36H,3,11-12,16-17,35H2,1-2H3,(H,37,39)/t23-,24-,28-,29-/m0/s1. The van der Waals surface area contributed by atoms with Gasteiger partial charge in [-0.15, -0.1) is 0 Å². The van der Waals surface area contributed by atoms with Crippen molar-refractivity contribution < 1.29 is 30.8 Å². The molecule has 226 valence electrons. The predicted molar refractivity (Wildman–Crippen MR) is 153 cm³/mol. The summed E-state index contributed by atoms with van der Waals surface area (Å²) in [6.45, 7) is 2.82. The van der Waals surface area contributed by atoms with Gasteiger partial charge in [-0.3, -0.25) is 4.79 Å². The normalized spacial score (nSPS) is 19.3. The molecule has 4 atom stereocenters. The third-order valence-corrected chi connectivity index (χ3v) is 8.94. The Morgan fingerprint density at radius 2 is 1.62 bits per heavy atom. The zero-order valence-corrected chi connectivity index (χ0v) is 24.1. The third kappa shape index (κ3) is 7.35. The van der Waals surface area contributed by atoms with Crippen molar-refractivity contribution in [1.29, 1.82) is 0 Å². The summed E-state index contributed by atoms with van der Waals surface area (Å²) in [5.74, 6) is -4.70.